The van der Waals surface area contributed by atoms with Gasteiger partial charge >= 0.3 is 5.97 Å². The van der Waals surface area contributed by atoms with Gasteiger partial charge in [0.2, 0.25) is 0 Å². The van der Waals surface area contributed by atoms with Crippen molar-refractivity contribution < 1.29 is 14.3 Å². The molecule has 0 amide bonds. The van der Waals surface area contributed by atoms with Gasteiger partial charge in [0.1, 0.15) is 12.4 Å². The Labute approximate surface area is 113 Å². The van der Waals surface area contributed by atoms with Crippen molar-refractivity contribution in [3.05, 3.63) is 48.1 Å². The number of hydrogen-bond acceptors (Lipinski definition) is 3. The Bertz CT molecular complexity index is 527. The summed E-state index contributed by atoms with van der Waals surface area (Å²) in [6.07, 6.45) is 3.05. The summed E-state index contributed by atoms with van der Waals surface area (Å²) in [5.41, 5.74) is 1.71. The second-order valence-electron chi connectivity index (χ2n) is 3.80. The number of esters is 1. The van der Waals surface area contributed by atoms with E-state index in [2.05, 4.69) is 23.2 Å². The van der Waals surface area contributed by atoms with E-state index in [4.69, 9.17) is 4.74 Å². The van der Waals surface area contributed by atoms with Crippen LogP contribution >= 0.6 is 0 Å². The Morgan fingerprint density at radius 2 is 2.05 bits per heavy atom. The van der Waals surface area contributed by atoms with Crippen molar-refractivity contribution in [3.8, 4) is 17.6 Å². The van der Waals surface area contributed by atoms with Gasteiger partial charge in [0, 0.05) is 6.08 Å². The van der Waals surface area contributed by atoms with E-state index in [0.29, 0.717) is 6.61 Å². The van der Waals surface area contributed by atoms with Gasteiger partial charge in [-0.1, -0.05) is 30.6 Å². The molecule has 0 aliphatic heterocycles. The van der Waals surface area contributed by atoms with Gasteiger partial charge in [-0.15, -0.1) is 0 Å². The Hall–Kier alpha value is -2.47. The number of carbonyl (C=O) groups excluding carboxylic acids is 1. The standard InChI is InChI=1S/C16H16O3/c1-13(2)5-4-12-19-15-9-6-14(7-10-15)8-11-16(17)18-3/h6-11H,1,12H2,2-3H3/b11-8+. The highest BCUT2D eigenvalue weighted by Crippen LogP contribution is 2.13. The van der Waals surface area contributed by atoms with Crippen LogP contribution < -0.4 is 4.74 Å². The third-order valence-electron chi connectivity index (χ3n) is 2.11. The number of carbonyl (C=O) groups is 1. The molecule has 3 heteroatoms. The Balaban J connectivity index is 2.53. The molecule has 0 aliphatic carbocycles. The molecule has 0 heterocycles. The molecule has 19 heavy (non-hydrogen) atoms. The third kappa shape index (κ3) is 6.13. The van der Waals surface area contributed by atoms with Gasteiger partial charge in [-0.25, -0.2) is 4.79 Å². The molecule has 0 aromatic heterocycles. The molecule has 0 bridgehead atoms. The highest BCUT2D eigenvalue weighted by molar-refractivity contribution is 5.86. The van der Waals surface area contributed by atoms with Gasteiger partial charge in [0.25, 0.3) is 0 Å². The predicted molar refractivity (Wildman–Crippen MR) is 75.6 cm³/mol. The first kappa shape index (κ1) is 14.6. The van der Waals surface area contributed by atoms with Crippen LogP contribution in [0.15, 0.2) is 42.5 Å². The number of hydrogen-bond donors (Lipinski definition) is 0. The Kier molecular flexibility index (Phi) is 5.97. The first-order valence-electron chi connectivity index (χ1n) is 5.75. The van der Waals surface area contributed by atoms with Crippen molar-refractivity contribution in [1.29, 1.82) is 0 Å². The van der Waals surface area contributed by atoms with E-state index in [1.54, 1.807) is 6.08 Å². The molecule has 0 aliphatic rings. The summed E-state index contributed by atoms with van der Waals surface area (Å²) < 4.78 is 9.94. The van der Waals surface area contributed by atoms with Crippen molar-refractivity contribution in [2.75, 3.05) is 13.7 Å². The number of rotatable bonds is 4. The number of ether oxygens (including phenoxy) is 2. The third-order valence-corrected chi connectivity index (χ3v) is 2.11. The summed E-state index contributed by atoms with van der Waals surface area (Å²) in [6.45, 7) is 5.84. The van der Waals surface area contributed by atoms with Crippen LogP contribution in [0.25, 0.3) is 6.08 Å². The molecule has 0 N–H and O–H groups in total. The van der Waals surface area contributed by atoms with Crippen LogP contribution in [0, 0.1) is 11.8 Å². The highest BCUT2D eigenvalue weighted by Gasteiger charge is 1.94. The molecule has 0 radical (unpaired) electrons. The molecule has 1 aromatic carbocycles. The summed E-state index contributed by atoms with van der Waals surface area (Å²) >= 11 is 0. The van der Waals surface area contributed by atoms with Crippen molar-refractivity contribution >= 4 is 12.0 Å². The molecule has 0 atom stereocenters. The number of allylic oxidation sites excluding steroid dienone is 1. The SMILES string of the molecule is C=C(C)C#CCOc1ccc(/C=C/C(=O)OC)cc1. The smallest absolute Gasteiger partial charge is 0.330 e. The fourth-order valence-corrected chi connectivity index (χ4v) is 1.21. The normalized spacial score (nSPS) is 9.58. The van der Waals surface area contributed by atoms with Crippen molar-refractivity contribution in [1.82, 2.24) is 0 Å². The zero-order valence-electron chi connectivity index (χ0n) is 11.1. The quantitative estimate of drug-likeness (QED) is 0.472. The molecule has 98 valence electrons. The Morgan fingerprint density at radius 3 is 2.63 bits per heavy atom. The van der Waals surface area contributed by atoms with E-state index in [-0.39, 0.29) is 5.97 Å². The fraction of sp³-hybridized carbons (Fsp3) is 0.188. The summed E-state index contributed by atoms with van der Waals surface area (Å²) in [7, 11) is 1.34. The maximum Gasteiger partial charge on any atom is 0.330 e. The summed E-state index contributed by atoms with van der Waals surface area (Å²) in [5.74, 6) is 6.03. The van der Waals surface area contributed by atoms with E-state index in [0.717, 1.165) is 16.9 Å². The van der Waals surface area contributed by atoms with E-state index in [1.807, 2.05) is 31.2 Å². The lowest BCUT2D eigenvalue weighted by atomic mass is 10.2. The van der Waals surface area contributed by atoms with Crippen molar-refractivity contribution in [2.24, 2.45) is 0 Å². The van der Waals surface area contributed by atoms with Gasteiger partial charge in [0.05, 0.1) is 7.11 Å². The van der Waals surface area contributed by atoms with Gasteiger partial charge < -0.3 is 9.47 Å². The first-order chi connectivity index (χ1) is 9.11. The number of benzene rings is 1. The first-order valence-corrected chi connectivity index (χ1v) is 5.75. The molecule has 1 rings (SSSR count). The molecule has 3 nitrogen and oxygen atoms in total. The molecule has 0 saturated carbocycles. The lowest BCUT2D eigenvalue weighted by Gasteiger charge is -2.01. The van der Waals surface area contributed by atoms with E-state index in [1.165, 1.54) is 13.2 Å². The zero-order chi connectivity index (χ0) is 14.1. The van der Waals surface area contributed by atoms with Crippen LogP contribution in [0.2, 0.25) is 0 Å². The van der Waals surface area contributed by atoms with Crippen LogP contribution in [-0.4, -0.2) is 19.7 Å². The molecular weight excluding hydrogens is 240 g/mol. The lowest BCUT2D eigenvalue weighted by molar-refractivity contribution is -0.134. The zero-order valence-corrected chi connectivity index (χ0v) is 11.1. The summed E-state index contributed by atoms with van der Waals surface area (Å²) in [6, 6.07) is 7.33. The molecule has 0 saturated heterocycles. The maximum atomic E-state index is 10.9. The molecule has 0 spiro atoms. The van der Waals surface area contributed by atoms with E-state index >= 15 is 0 Å². The Morgan fingerprint density at radius 1 is 1.37 bits per heavy atom. The van der Waals surface area contributed by atoms with Crippen LogP contribution in [0.4, 0.5) is 0 Å². The molecule has 0 unspecified atom stereocenters. The van der Waals surface area contributed by atoms with Crippen LogP contribution in [-0.2, 0) is 9.53 Å². The maximum absolute atomic E-state index is 10.9. The summed E-state index contributed by atoms with van der Waals surface area (Å²) in [5, 5.41) is 0. The monoisotopic (exact) mass is 256 g/mol. The van der Waals surface area contributed by atoms with Gasteiger partial charge in [0.15, 0.2) is 0 Å². The lowest BCUT2D eigenvalue weighted by Crippen LogP contribution is -1.94. The fourth-order valence-electron chi connectivity index (χ4n) is 1.21. The van der Waals surface area contributed by atoms with E-state index in [9.17, 15) is 4.79 Å². The van der Waals surface area contributed by atoms with E-state index < -0.39 is 0 Å². The molecule has 0 fully saturated rings. The molecular formula is C16H16O3. The van der Waals surface area contributed by atoms with Crippen molar-refractivity contribution in [2.45, 2.75) is 6.92 Å². The second-order valence-corrected chi connectivity index (χ2v) is 3.80. The molecule has 1 aromatic rings. The van der Waals surface area contributed by atoms with Crippen LogP contribution in [0.1, 0.15) is 12.5 Å². The van der Waals surface area contributed by atoms with Gasteiger partial charge in [-0.2, -0.15) is 0 Å². The minimum Gasteiger partial charge on any atom is -0.481 e. The minimum absolute atomic E-state index is 0.324. The van der Waals surface area contributed by atoms with Crippen LogP contribution in [0.3, 0.4) is 0 Å². The highest BCUT2D eigenvalue weighted by atomic mass is 16.5. The predicted octanol–water partition coefficient (Wildman–Crippen LogP) is 2.83. The summed E-state index contributed by atoms with van der Waals surface area (Å²) in [4.78, 5) is 10.9. The second kappa shape index (κ2) is 7.78. The average molecular weight is 256 g/mol. The minimum atomic E-state index is -0.379. The van der Waals surface area contributed by atoms with Gasteiger partial charge in [-0.3, -0.25) is 0 Å². The van der Waals surface area contributed by atoms with Crippen LogP contribution in [0.5, 0.6) is 5.75 Å². The number of methoxy groups -OCH3 is 1. The van der Waals surface area contributed by atoms with Gasteiger partial charge in [-0.05, 0) is 36.3 Å². The topological polar surface area (TPSA) is 35.5 Å². The average Bonchev–Trinajstić information content (AvgIpc) is 2.42. The largest absolute Gasteiger partial charge is 0.481 e. The van der Waals surface area contributed by atoms with Crippen molar-refractivity contribution in [3.63, 3.8) is 0 Å².